The molecule has 138 valence electrons. The Labute approximate surface area is 156 Å². The Balaban J connectivity index is 1.41. The van der Waals surface area contributed by atoms with Crippen LogP contribution in [0.5, 0.6) is 0 Å². The molecule has 0 spiro atoms. The van der Waals surface area contributed by atoms with Gasteiger partial charge >= 0.3 is 0 Å². The van der Waals surface area contributed by atoms with Gasteiger partial charge in [-0.2, -0.15) is 0 Å². The molecule has 3 aromatic rings. The van der Waals surface area contributed by atoms with Crippen molar-refractivity contribution in [1.82, 2.24) is 4.98 Å². The molecule has 0 radical (unpaired) electrons. The quantitative estimate of drug-likeness (QED) is 0.679. The second kappa shape index (κ2) is 6.96. The minimum absolute atomic E-state index is 0.170. The van der Waals surface area contributed by atoms with Crippen LogP contribution < -0.4 is 10.2 Å². The molecule has 5 nitrogen and oxygen atoms in total. The number of hydrogen-bond donors (Lipinski definition) is 2. The predicted octanol–water partition coefficient (Wildman–Crippen LogP) is 2.05. The number of aryl methyl sites for hydroxylation is 1. The highest BCUT2D eigenvalue weighted by atomic mass is 19.1. The van der Waals surface area contributed by atoms with E-state index in [4.69, 9.17) is 0 Å². The van der Waals surface area contributed by atoms with Crippen LogP contribution in [0, 0.1) is 12.7 Å². The van der Waals surface area contributed by atoms with E-state index in [1.807, 2.05) is 11.5 Å². The highest BCUT2D eigenvalue weighted by Crippen LogP contribution is 2.22. The monoisotopic (exact) mass is 366 g/mol. The van der Waals surface area contributed by atoms with Gasteiger partial charge in [0.15, 0.2) is 6.04 Å². The smallest absolute Gasteiger partial charge is 0.292 e. The van der Waals surface area contributed by atoms with Crippen LogP contribution in [0.25, 0.3) is 10.9 Å². The van der Waals surface area contributed by atoms with Crippen molar-refractivity contribution >= 4 is 28.4 Å². The predicted molar refractivity (Wildman–Crippen MR) is 101 cm³/mol. The summed E-state index contributed by atoms with van der Waals surface area (Å²) in [5.41, 5.74) is 3.94. The molecule has 2 heterocycles. The average Bonchev–Trinajstić information content (AvgIpc) is 3.17. The maximum absolute atomic E-state index is 13.1. The zero-order chi connectivity index (χ0) is 19.0. The molecule has 4 rings (SSSR count). The van der Waals surface area contributed by atoms with Crippen LogP contribution in [0.2, 0.25) is 0 Å². The van der Waals surface area contributed by atoms with Gasteiger partial charge in [-0.05, 0) is 48.9 Å². The van der Waals surface area contributed by atoms with Gasteiger partial charge in [0.1, 0.15) is 5.82 Å². The fourth-order valence-electron chi connectivity index (χ4n) is 3.64. The van der Waals surface area contributed by atoms with Crippen molar-refractivity contribution in [2.24, 2.45) is 0 Å². The number of H-pyrrole nitrogens is 1. The summed E-state index contributed by atoms with van der Waals surface area (Å²) in [6.07, 6.45) is 2.98. The zero-order valence-corrected chi connectivity index (χ0v) is 15.0. The molecule has 3 N–H and O–H groups in total. The number of nitrogens with zero attached hydrogens (tertiary/aromatic N) is 1. The second-order valence-electron chi connectivity index (χ2n) is 6.99. The van der Waals surface area contributed by atoms with E-state index >= 15 is 0 Å². The summed E-state index contributed by atoms with van der Waals surface area (Å²) in [6, 6.07) is 11.3. The topological polar surface area (TPSA) is 69.8 Å². The number of fused-ring (bicyclic) bond motifs is 1. The molecule has 1 fully saturated rings. The van der Waals surface area contributed by atoms with E-state index in [0.29, 0.717) is 12.2 Å². The molecule has 1 aromatic heterocycles. The highest BCUT2D eigenvalue weighted by Gasteiger charge is 2.42. The standard InChI is InChI=1S/C21H20FN3O2/c1-13-2-7-18-17(10-13)14(12-24-18)8-9-23-19-11-20(26)25(21(19)27)16-5-3-15(22)4-6-16/h2-7,10,12,19,23-24H,8-9,11H2,1H3/p+1/t19-/m0/s1. The Morgan fingerprint density at radius 3 is 2.74 bits per heavy atom. The molecule has 0 bridgehead atoms. The van der Waals surface area contributed by atoms with Gasteiger partial charge in [0.2, 0.25) is 5.91 Å². The number of halogens is 1. The zero-order valence-electron chi connectivity index (χ0n) is 15.0. The van der Waals surface area contributed by atoms with Crippen molar-refractivity contribution in [1.29, 1.82) is 0 Å². The maximum atomic E-state index is 13.1. The molecular formula is C21H21FN3O2+. The van der Waals surface area contributed by atoms with Crippen LogP contribution in [0.3, 0.4) is 0 Å². The van der Waals surface area contributed by atoms with E-state index in [0.717, 1.165) is 16.8 Å². The number of amides is 2. The first-order chi connectivity index (χ1) is 13.0. The lowest BCUT2D eigenvalue weighted by Crippen LogP contribution is -2.92. The molecule has 1 aliphatic rings. The first kappa shape index (κ1) is 17.4. The van der Waals surface area contributed by atoms with Gasteiger partial charge in [-0.15, -0.1) is 0 Å². The number of aromatic amines is 1. The number of benzene rings is 2. The second-order valence-corrected chi connectivity index (χ2v) is 6.99. The van der Waals surface area contributed by atoms with Gasteiger partial charge in [-0.25, -0.2) is 9.29 Å². The first-order valence-electron chi connectivity index (χ1n) is 9.05. The minimum atomic E-state index is -0.422. The van der Waals surface area contributed by atoms with Crippen LogP contribution >= 0.6 is 0 Å². The van der Waals surface area contributed by atoms with Gasteiger partial charge in [-0.3, -0.25) is 9.59 Å². The fourth-order valence-corrected chi connectivity index (χ4v) is 3.64. The van der Waals surface area contributed by atoms with E-state index < -0.39 is 11.9 Å². The van der Waals surface area contributed by atoms with Crippen molar-refractivity contribution in [2.45, 2.75) is 25.8 Å². The lowest BCUT2D eigenvalue weighted by molar-refractivity contribution is -0.674. The summed E-state index contributed by atoms with van der Waals surface area (Å²) < 4.78 is 13.1. The van der Waals surface area contributed by atoms with Crippen molar-refractivity contribution in [3.8, 4) is 0 Å². The molecule has 6 heteroatoms. The SMILES string of the molecule is Cc1ccc2[nH]cc(CC[NH2+][C@H]3CC(=O)N(c4ccc(F)cc4)C3=O)c2c1. The average molecular weight is 366 g/mol. The van der Waals surface area contributed by atoms with Gasteiger partial charge in [-0.1, -0.05) is 11.6 Å². The largest absolute Gasteiger partial charge is 0.361 e. The summed E-state index contributed by atoms with van der Waals surface area (Å²) in [4.78, 5) is 29.3. The number of anilines is 1. The normalized spacial score (nSPS) is 17.3. The molecule has 2 aromatic carbocycles. The van der Waals surface area contributed by atoms with Gasteiger partial charge < -0.3 is 10.3 Å². The van der Waals surface area contributed by atoms with Crippen LogP contribution in [-0.4, -0.2) is 29.4 Å². The number of aromatic nitrogens is 1. The minimum Gasteiger partial charge on any atom is -0.361 e. The van der Waals surface area contributed by atoms with E-state index in [1.54, 1.807) is 0 Å². The van der Waals surface area contributed by atoms with Crippen molar-refractivity contribution in [3.05, 3.63) is 65.6 Å². The molecule has 1 atom stereocenters. The van der Waals surface area contributed by atoms with Crippen LogP contribution in [-0.2, 0) is 16.0 Å². The molecule has 1 aliphatic heterocycles. The first-order valence-corrected chi connectivity index (χ1v) is 9.05. The number of rotatable bonds is 5. The Morgan fingerprint density at radius 2 is 1.96 bits per heavy atom. The molecular weight excluding hydrogens is 345 g/mol. The number of carbonyl (C=O) groups excluding carboxylic acids is 2. The molecule has 0 saturated carbocycles. The summed E-state index contributed by atoms with van der Waals surface area (Å²) >= 11 is 0. The number of quaternary nitrogens is 1. The lowest BCUT2D eigenvalue weighted by atomic mass is 10.1. The van der Waals surface area contributed by atoms with Crippen LogP contribution in [0.1, 0.15) is 17.5 Å². The lowest BCUT2D eigenvalue weighted by Gasteiger charge is -2.14. The number of nitrogens with two attached hydrogens (primary N) is 1. The molecule has 2 amide bonds. The third-order valence-corrected chi connectivity index (χ3v) is 5.05. The Hall–Kier alpha value is -2.99. The maximum Gasteiger partial charge on any atom is 0.292 e. The number of imide groups is 1. The number of nitrogens with one attached hydrogen (secondary N) is 1. The van der Waals surface area contributed by atoms with E-state index in [-0.39, 0.29) is 18.2 Å². The molecule has 27 heavy (non-hydrogen) atoms. The summed E-state index contributed by atoms with van der Waals surface area (Å²) in [6.45, 7) is 2.77. The van der Waals surface area contributed by atoms with E-state index in [2.05, 4.69) is 30.1 Å². The Kier molecular flexibility index (Phi) is 4.49. The summed E-state index contributed by atoms with van der Waals surface area (Å²) in [5.74, 6) is -0.869. The molecule has 1 saturated heterocycles. The summed E-state index contributed by atoms with van der Waals surface area (Å²) in [5, 5.41) is 3.13. The van der Waals surface area contributed by atoms with Gasteiger partial charge in [0, 0.05) is 23.5 Å². The highest BCUT2D eigenvalue weighted by molar-refractivity contribution is 6.21. The number of carbonyl (C=O) groups is 2. The van der Waals surface area contributed by atoms with E-state index in [1.165, 1.54) is 40.8 Å². The van der Waals surface area contributed by atoms with Gasteiger partial charge in [0.25, 0.3) is 5.91 Å². The molecule has 0 unspecified atom stereocenters. The van der Waals surface area contributed by atoms with Crippen LogP contribution in [0.15, 0.2) is 48.7 Å². The van der Waals surface area contributed by atoms with Crippen molar-refractivity contribution < 1.29 is 19.3 Å². The fraction of sp³-hybridized carbons (Fsp3) is 0.238. The third kappa shape index (κ3) is 3.36. The third-order valence-electron chi connectivity index (χ3n) is 5.05. The Bertz CT molecular complexity index is 1010. The van der Waals surface area contributed by atoms with Crippen molar-refractivity contribution in [2.75, 3.05) is 11.4 Å². The summed E-state index contributed by atoms with van der Waals surface area (Å²) in [7, 11) is 0. The van der Waals surface area contributed by atoms with E-state index in [9.17, 15) is 14.0 Å². The molecule has 0 aliphatic carbocycles. The Morgan fingerprint density at radius 1 is 1.19 bits per heavy atom. The van der Waals surface area contributed by atoms with Crippen molar-refractivity contribution in [3.63, 3.8) is 0 Å². The van der Waals surface area contributed by atoms with Gasteiger partial charge in [0.05, 0.1) is 18.7 Å². The van der Waals surface area contributed by atoms with Crippen LogP contribution in [0.4, 0.5) is 10.1 Å². The number of hydrogen-bond acceptors (Lipinski definition) is 2.